The summed E-state index contributed by atoms with van der Waals surface area (Å²) in [6.07, 6.45) is -4.57. The van der Waals surface area contributed by atoms with Crippen LogP contribution in [-0.4, -0.2) is 45.4 Å². The van der Waals surface area contributed by atoms with Crippen molar-refractivity contribution in [3.8, 4) is 11.4 Å². The standard InChI is InChI=1S/C14H13ClF3N7O2S/c1-8-6-12(14(16,17)18)22-25(8)5-4-19-28(26,27)9-2-3-11(15)10(7-9)13-20-23-24-21-13/h2-3,6-7,19H,4-5H2,1H3,(H,20,21,23,24). The summed E-state index contributed by atoms with van der Waals surface area (Å²) in [6.45, 7) is 1.21. The summed E-state index contributed by atoms with van der Waals surface area (Å²) >= 11 is 6.04. The molecule has 0 saturated carbocycles. The Labute approximate surface area is 161 Å². The van der Waals surface area contributed by atoms with Crippen molar-refractivity contribution in [2.24, 2.45) is 0 Å². The van der Waals surface area contributed by atoms with Crippen molar-refractivity contribution in [2.45, 2.75) is 24.5 Å². The second kappa shape index (κ2) is 7.48. The summed E-state index contributed by atoms with van der Waals surface area (Å²) in [5, 5.41) is 16.8. The first-order chi connectivity index (χ1) is 13.1. The summed E-state index contributed by atoms with van der Waals surface area (Å²) in [6, 6.07) is 4.82. The van der Waals surface area contributed by atoms with Crippen LogP contribution in [0, 0.1) is 6.92 Å². The van der Waals surface area contributed by atoms with Gasteiger partial charge in [0.15, 0.2) is 5.69 Å². The number of tetrazole rings is 1. The Kier molecular flexibility index (Phi) is 5.41. The number of hydrogen-bond acceptors (Lipinski definition) is 6. The Morgan fingerprint density at radius 2 is 2.04 bits per heavy atom. The molecule has 0 saturated heterocycles. The number of rotatable bonds is 6. The fourth-order valence-electron chi connectivity index (χ4n) is 2.36. The minimum atomic E-state index is -4.57. The molecule has 0 amide bonds. The number of hydrogen-bond donors (Lipinski definition) is 2. The van der Waals surface area contributed by atoms with Gasteiger partial charge >= 0.3 is 6.18 Å². The largest absolute Gasteiger partial charge is 0.435 e. The lowest BCUT2D eigenvalue weighted by atomic mass is 10.2. The van der Waals surface area contributed by atoms with E-state index in [4.69, 9.17) is 11.6 Å². The Bertz CT molecular complexity index is 1080. The second-order valence-corrected chi connectivity index (χ2v) is 7.84. The maximum absolute atomic E-state index is 12.7. The number of aryl methyl sites for hydroxylation is 1. The van der Waals surface area contributed by atoms with Crippen LogP contribution < -0.4 is 4.72 Å². The fraction of sp³-hybridized carbons (Fsp3) is 0.286. The third kappa shape index (κ3) is 4.31. The molecule has 0 aliphatic rings. The van der Waals surface area contributed by atoms with Crippen LogP contribution in [0.2, 0.25) is 5.02 Å². The van der Waals surface area contributed by atoms with Crippen molar-refractivity contribution in [3.63, 3.8) is 0 Å². The van der Waals surface area contributed by atoms with Gasteiger partial charge in [-0.3, -0.25) is 4.68 Å². The molecule has 0 unspecified atom stereocenters. The van der Waals surface area contributed by atoms with Gasteiger partial charge in [-0.2, -0.15) is 23.5 Å². The zero-order valence-corrected chi connectivity index (χ0v) is 15.8. The molecular formula is C14H13ClF3N7O2S. The molecule has 1 aromatic carbocycles. The summed E-state index contributed by atoms with van der Waals surface area (Å²) < 4.78 is 66.4. The van der Waals surface area contributed by atoms with E-state index in [1.54, 1.807) is 0 Å². The first-order valence-electron chi connectivity index (χ1n) is 7.72. The highest BCUT2D eigenvalue weighted by Crippen LogP contribution is 2.29. The number of nitrogens with one attached hydrogen (secondary N) is 2. The number of alkyl halides is 3. The molecular weight excluding hydrogens is 423 g/mol. The number of aromatic amines is 1. The van der Waals surface area contributed by atoms with Crippen molar-refractivity contribution in [2.75, 3.05) is 6.54 Å². The molecule has 3 rings (SSSR count). The van der Waals surface area contributed by atoms with E-state index in [1.807, 2.05) is 0 Å². The molecule has 150 valence electrons. The van der Waals surface area contributed by atoms with Gasteiger partial charge in [-0.1, -0.05) is 11.6 Å². The van der Waals surface area contributed by atoms with Crippen LogP contribution in [0.1, 0.15) is 11.4 Å². The van der Waals surface area contributed by atoms with Crippen molar-refractivity contribution < 1.29 is 21.6 Å². The van der Waals surface area contributed by atoms with Gasteiger partial charge in [0.1, 0.15) is 0 Å². The molecule has 14 heteroatoms. The highest BCUT2D eigenvalue weighted by Gasteiger charge is 2.34. The summed E-state index contributed by atoms with van der Waals surface area (Å²) in [4.78, 5) is -0.107. The lowest BCUT2D eigenvalue weighted by Crippen LogP contribution is -2.28. The highest BCUT2D eigenvalue weighted by atomic mass is 35.5. The monoisotopic (exact) mass is 435 g/mol. The van der Waals surface area contributed by atoms with Crippen LogP contribution in [0.3, 0.4) is 0 Å². The lowest BCUT2D eigenvalue weighted by Gasteiger charge is -2.09. The number of sulfonamides is 1. The minimum Gasteiger partial charge on any atom is -0.268 e. The van der Waals surface area contributed by atoms with Crippen LogP contribution in [-0.2, 0) is 22.7 Å². The van der Waals surface area contributed by atoms with Crippen molar-refractivity contribution >= 4 is 21.6 Å². The van der Waals surface area contributed by atoms with Crippen molar-refractivity contribution in [1.29, 1.82) is 0 Å². The fourth-order valence-corrected chi connectivity index (χ4v) is 3.61. The molecule has 0 bridgehead atoms. The first-order valence-corrected chi connectivity index (χ1v) is 9.59. The van der Waals surface area contributed by atoms with E-state index in [1.165, 1.54) is 25.1 Å². The zero-order valence-electron chi connectivity index (χ0n) is 14.2. The number of benzene rings is 1. The smallest absolute Gasteiger partial charge is 0.268 e. The molecule has 2 N–H and O–H groups in total. The predicted molar refractivity (Wildman–Crippen MR) is 91.8 cm³/mol. The van der Waals surface area contributed by atoms with E-state index >= 15 is 0 Å². The third-order valence-electron chi connectivity index (χ3n) is 3.72. The van der Waals surface area contributed by atoms with E-state index in [0.29, 0.717) is 0 Å². The van der Waals surface area contributed by atoms with Crippen molar-refractivity contribution in [3.05, 3.63) is 40.7 Å². The van der Waals surface area contributed by atoms with Gasteiger partial charge in [-0.15, -0.1) is 10.2 Å². The van der Waals surface area contributed by atoms with E-state index in [-0.39, 0.29) is 40.1 Å². The van der Waals surface area contributed by atoms with Gasteiger partial charge in [-0.05, 0) is 36.4 Å². The van der Waals surface area contributed by atoms with E-state index in [9.17, 15) is 21.6 Å². The van der Waals surface area contributed by atoms with Crippen LogP contribution in [0.15, 0.2) is 29.2 Å². The Morgan fingerprint density at radius 1 is 1.29 bits per heavy atom. The molecule has 2 heterocycles. The molecule has 0 aliphatic carbocycles. The molecule has 0 spiro atoms. The third-order valence-corrected chi connectivity index (χ3v) is 5.51. The summed E-state index contributed by atoms with van der Waals surface area (Å²) in [7, 11) is -3.95. The van der Waals surface area contributed by atoms with Gasteiger partial charge in [-0.25, -0.2) is 13.1 Å². The normalized spacial score (nSPS) is 12.5. The second-order valence-electron chi connectivity index (χ2n) is 5.67. The SMILES string of the molecule is Cc1cc(C(F)(F)F)nn1CCNS(=O)(=O)c1ccc(Cl)c(-c2nn[nH]n2)c1. The van der Waals surface area contributed by atoms with Crippen LogP contribution >= 0.6 is 11.6 Å². The maximum Gasteiger partial charge on any atom is 0.435 e. The molecule has 0 atom stereocenters. The molecule has 2 aromatic heterocycles. The van der Waals surface area contributed by atoms with Gasteiger partial charge in [0.2, 0.25) is 15.8 Å². The Morgan fingerprint density at radius 3 is 2.64 bits per heavy atom. The highest BCUT2D eigenvalue weighted by molar-refractivity contribution is 7.89. The topological polar surface area (TPSA) is 118 Å². The molecule has 9 nitrogen and oxygen atoms in total. The predicted octanol–water partition coefficient (Wildman–Crippen LogP) is 2.02. The van der Waals surface area contributed by atoms with Crippen LogP contribution in [0.25, 0.3) is 11.4 Å². The minimum absolute atomic E-state index is 0.0770. The lowest BCUT2D eigenvalue weighted by molar-refractivity contribution is -0.141. The summed E-state index contributed by atoms with van der Waals surface area (Å²) in [5.74, 6) is 0.119. The molecule has 0 aliphatic heterocycles. The molecule has 0 radical (unpaired) electrons. The number of aromatic nitrogens is 6. The average Bonchev–Trinajstić information content (AvgIpc) is 3.25. The van der Waals surface area contributed by atoms with E-state index in [2.05, 4.69) is 30.4 Å². The Hall–Kier alpha value is -2.51. The van der Waals surface area contributed by atoms with E-state index in [0.717, 1.165) is 10.7 Å². The van der Waals surface area contributed by atoms with E-state index < -0.39 is 21.9 Å². The summed E-state index contributed by atoms with van der Waals surface area (Å²) in [5.41, 5.74) is -0.510. The maximum atomic E-state index is 12.7. The van der Waals surface area contributed by atoms with Gasteiger partial charge in [0.05, 0.1) is 16.5 Å². The molecule has 0 fully saturated rings. The number of halogens is 4. The van der Waals surface area contributed by atoms with Gasteiger partial charge < -0.3 is 0 Å². The molecule has 28 heavy (non-hydrogen) atoms. The first kappa shape index (κ1) is 20.2. The molecule has 3 aromatic rings. The zero-order chi connectivity index (χ0) is 20.5. The number of H-pyrrole nitrogens is 1. The van der Waals surface area contributed by atoms with Crippen LogP contribution in [0.4, 0.5) is 13.2 Å². The Balaban J connectivity index is 1.73. The quantitative estimate of drug-likeness (QED) is 0.611. The number of nitrogens with zero attached hydrogens (tertiary/aromatic N) is 5. The average molecular weight is 436 g/mol. The van der Waals surface area contributed by atoms with Gasteiger partial charge in [0.25, 0.3) is 0 Å². The van der Waals surface area contributed by atoms with Crippen LogP contribution in [0.5, 0.6) is 0 Å². The van der Waals surface area contributed by atoms with Gasteiger partial charge in [0, 0.05) is 17.8 Å². The van der Waals surface area contributed by atoms with Crippen molar-refractivity contribution in [1.82, 2.24) is 35.1 Å².